The zero-order valence-electron chi connectivity index (χ0n) is 11.6. The van der Waals surface area contributed by atoms with Gasteiger partial charge in [-0.15, -0.1) is 0 Å². The van der Waals surface area contributed by atoms with Gasteiger partial charge in [0, 0.05) is 12.6 Å². The van der Waals surface area contributed by atoms with E-state index in [1.807, 2.05) is 14.1 Å². The standard InChI is InChI=1S/C12H21N5O2/c1-9-15-10(13-5-4-6-17(2)3)7-11(16-9)14-8-12(18)19/h7H,4-6,8H2,1-3H3,(H,18,19)(H2,13,14,15,16). The van der Waals surface area contributed by atoms with E-state index in [9.17, 15) is 4.79 Å². The van der Waals surface area contributed by atoms with E-state index in [1.165, 1.54) is 0 Å². The number of carboxylic acids is 1. The summed E-state index contributed by atoms with van der Waals surface area (Å²) in [6.07, 6.45) is 1.01. The molecule has 7 nitrogen and oxygen atoms in total. The van der Waals surface area contributed by atoms with Crippen LogP contribution in [-0.2, 0) is 4.79 Å². The average Bonchev–Trinajstić information content (AvgIpc) is 2.31. The molecule has 0 fully saturated rings. The second kappa shape index (κ2) is 7.52. The summed E-state index contributed by atoms with van der Waals surface area (Å²) in [6.45, 7) is 3.43. The molecule has 7 heteroatoms. The normalized spacial score (nSPS) is 10.5. The SMILES string of the molecule is Cc1nc(NCCCN(C)C)cc(NCC(=O)O)n1. The fourth-order valence-corrected chi connectivity index (χ4v) is 1.53. The van der Waals surface area contributed by atoms with E-state index >= 15 is 0 Å². The van der Waals surface area contributed by atoms with Gasteiger partial charge in [-0.25, -0.2) is 9.97 Å². The molecule has 0 radical (unpaired) electrons. The Kier molecular flexibility index (Phi) is 6.01. The van der Waals surface area contributed by atoms with Crippen LogP contribution >= 0.6 is 0 Å². The Morgan fingerprint density at radius 2 is 1.95 bits per heavy atom. The summed E-state index contributed by atoms with van der Waals surface area (Å²) >= 11 is 0. The molecule has 0 unspecified atom stereocenters. The zero-order valence-corrected chi connectivity index (χ0v) is 11.6. The molecule has 0 saturated heterocycles. The molecule has 0 saturated carbocycles. The van der Waals surface area contributed by atoms with Crippen LogP contribution < -0.4 is 10.6 Å². The van der Waals surface area contributed by atoms with Crippen LogP contribution in [0.1, 0.15) is 12.2 Å². The van der Waals surface area contributed by atoms with Crippen LogP contribution in [0, 0.1) is 6.92 Å². The van der Waals surface area contributed by atoms with E-state index in [-0.39, 0.29) is 6.54 Å². The molecule has 106 valence electrons. The van der Waals surface area contributed by atoms with Gasteiger partial charge in [0.15, 0.2) is 0 Å². The molecule has 1 aromatic heterocycles. The predicted molar refractivity (Wildman–Crippen MR) is 74.6 cm³/mol. The topological polar surface area (TPSA) is 90.4 Å². The number of rotatable bonds is 8. The highest BCUT2D eigenvalue weighted by molar-refractivity contribution is 5.72. The molecule has 0 aromatic carbocycles. The number of aromatic nitrogens is 2. The van der Waals surface area contributed by atoms with E-state index in [2.05, 4.69) is 25.5 Å². The number of aryl methyl sites for hydroxylation is 1. The monoisotopic (exact) mass is 267 g/mol. The molecule has 19 heavy (non-hydrogen) atoms. The van der Waals surface area contributed by atoms with Gasteiger partial charge in [0.25, 0.3) is 0 Å². The predicted octanol–water partition coefficient (Wildman–Crippen LogP) is 0.645. The Hall–Kier alpha value is -1.89. The molecule has 0 aliphatic heterocycles. The first-order chi connectivity index (χ1) is 8.97. The Balaban J connectivity index is 2.51. The second-order valence-corrected chi connectivity index (χ2v) is 4.52. The summed E-state index contributed by atoms with van der Waals surface area (Å²) in [6, 6.07) is 1.71. The van der Waals surface area contributed by atoms with Gasteiger partial charge >= 0.3 is 5.97 Å². The molecule has 0 bridgehead atoms. The van der Waals surface area contributed by atoms with Crippen molar-refractivity contribution in [3.05, 3.63) is 11.9 Å². The van der Waals surface area contributed by atoms with Crippen molar-refractivity contribution < 1.29 is 9.90 Å². The molecule has 1 heterocycles. The lowest BCUT2D eigenvalue weighted by molar-refractivity contribution is -0.134. The van der Waals surface area contributed by atoms with Gasteiger partial charge in [-0.05, 0) is 34.0 Å². The van der Waals surface area contributed by atoms with Crippen molar-refractivity contribution in [2.45, 2.75) is 13.3 Å². The van der Waals surface area contributed by atoms with Crippen molar-refractivity contribution in [1.82, 2.24) is 14.9 Å². The second-order valence-electron chi connectivity index (χ2n) is 4.52. The zero-order chi connectivity index (χ0) is 14.3. The molecule has 0 aliphatic rings. The molecule has 1 aromatic rings. The maximum absolute atomic E-state index is 10.5. The summed E-state index contributed by atoms with van der Waals surface area (Å²) in [7, 11) is 4.06. The van der Waals surface area contributed by atoms with Gasteiger partial charge < -0.3 is 20.6 Å². The van der Waals surface area contributed by atoms with Gasteiger partial charge in [-0.3, -0.25) is 4.79 Å². The van der Waals surface area contributed by atoms with Crippen LogP contribution in [0.4, 0.5) is 11.6 Å². The molecule has 0 atom stereocenters. The van der Waals surface area contributed by atoms with Crippen LogP contribution in [0.25, 0.3) is 0 Å². The summed E-state index contributed by atoms with van der Waals surface area (Å²) in [5, 5.41) is 14.6. The lowest BCUT2D eigenvalue weighted by Gasteiger charge is -2.11. The van der Waals surface area contributed by atoms with Crippen LogP contribution in [0.2, 0.25) is 0 Å². The summed E-state index contributed by atoms with van der Waals surface area (Å²) in [4.78, 5) is 21.0. The van der Waals surface area contributed by atoms with Crippen molar-refractivity contribution in [1.29, 1.82) is 0 Å². The van der Waals surface area contributed by atoms with E-state index < -0.39 is 5.97 Å². The molecule has 3 N–H and O–H groups in total. The van der Waals surface area contributed by atoms with E-state index in [0.717, 1.165) is 19.5 Å². The van der Waals surface area contributed by atoms with Gasteiger partial charge in [0.2, 0.25) is 0 Å². The molecule has 0 aliphatic carbocycles. The highest BCUT2D eigenvalue weighted by Crippen LogP contribution is 2.10. The number of hydrogen-bond acceptors (Lipinski definition) is 6. The fraction of sp³-hybridized carbons (Fsp3) is 0.583. The third-order valence-electron chi connectivity index (χ3n) is 2.35. The number of aliphatic carboxylic acids is 1. The molecule has 1 rings (SSSR count). The number of hydrogen-bond donors (Lipinski definition) is 3. The maximum atomic E-state index is 10.5. The average molecular weight is 267 g/mol. The van der Waals surface area contributed by atoms with Crippen molar-refractivity contribution in [3.8, 4) is 0 Å². The quantitative estimate of drug-likeness (QED) is 0.596. The number of anilines is 2. The minimum Gasteiger partial charge on any atom is -0.480 e. The van der Waals surface area contributed by atoms with E-state index in [4.69, 9.17) is 5.11 Å². The minimum absolute atomic E-state index is 0.156. The molecule has 0 spiro atoms. The van der Waals surface area contributed by atoms with Gasteiger partial charge in [-0.1, -0.05) is 0 Å². The van der Waals surface area contributed by atoms with E-state index in [1.54, 1.807) is 13.0 Å². The molecular formula is C12H21N5O2. The van der Waals surface area contributed by atoms with Gasteiger partial charge in [0.05, 0.1) is 0 Å². The third-order valence-corrected chi connectivity index (χ3v) is 2.35. The molecule has 0 amide bonds. The van der Waals surface area contributed by atoms with Crippen molar-refractivity contribution in [3.63, 3.8) is 0 Å². The highest BCUT2D eigenvalue weighted by atomic mass is 16.4. The van der Waals surface area contributed by atoms with E-state index in [0.29, 0.717) is 17.5 Å². The first-order valence-corrected chi connectivity index (χ1v) is 6.17. The van der Waals surface area contributed by atoms with Crippen molar-refractivity contribution >= 4 is 17.6 Å². The van der Waals surface area contributed by atoms with Crippen LogP contribution in [0.5, 0.6) is 0 Å². The largest absolute Gasteiger partial charge is 0.480 e. The minimum atomic E-state index is -0.920. The smallest absolute Gasteiger partial charge is 0.322 e. The highest BCUT2D eigenvalue weighted by Gasteiger charge is 2.03. The lowest BCUT2D eigenvalue weighted by atomic mass is 10.4. The Labute approximate surface area is 113 Å². The number of nitrogens with zero attached hydrogens (tertiary/aromatic N) is 3. The summed E-state index contributed by atoms with van der Waals surface area (Å²) < 4.78 is 0. The van der Waals surface area contributed by atoms with Gasteiger partial charge in [-0.2, -0.15) is 0 Å². The van der Waals surface area contributed by atoms with Crippen molar-refractivity contribution in [2.24, 2.45) is 0 Å². The third kappa shape index (κ3) is 6.56. The maximum Gasteiger partial charge on any atom is 0.322 e. The number of nitrogens with one attached hydrogen (secondary N) is 2. The van der Waals surface area contributed by atoms with Crippen LogP contribution in [0.15, 0.2) is 6.07 Å². The van der Waals surface area contributed by atoms with Crippen molar-refractivity contribution in [2.75, 3.05) is 44.4 Å². The summed E-state index contributed by atoms with van der Waals surface area (Å²) in [5.74, 6) is 0.909. The van der Waals surface area contributed by atoms with Gasteiger partial charge in [0.1, 0.15) is 24.0 Å². The Bertz CT molecular complexity index is 423. The number of carbonyl (C=O) groups is 1. The number of carboxylic acid groups (broad SMARTS) is 1. The van der Waals surface area contributed by atoms with Crippen LogP contribution in [-0.4, -0.2) is 59.7 Å². The summed E-state index contributed by atoms with van der Waals surface area (Å²) in [5.41, 5.74) is 0. The first kappa shape index (κ1) is 15.2. The Morgan fingerprint density at radius 1 is 1.32 bits per heavy atom. The van der Waals surface area contributed by atoms with Crippen LogP contribution in [0.3, 0.4) is 0 Å². The first-order valence-electron chi connectivity index (χ1n) is 6.17. The fourth-order valence-electron chi connectivity index (χ4n) is 1.53. The lowest BCUT2D eigenvalue weighted by Crippen LogP contribution is -2.17. The molecular weight excluding hydrogens is 246 g/mol. The Morgan fingerprint density at radius 3 is 2.53 bits per heavy atom.